The van der Waals surface area contributed by atoms with Crippen molar-refractivity contribution in [3.8, 4) is 5.75 Å². The summed E-state index contributed by atoms with van der Waals surface area (Å²) >= 11 is 0. The average molecular weight is 698 g/mol. The first-order valence-electron chi connectivity index (χ1n) is 16.8. The fraction of sp³-hybridized carbons (Fsp3) is 0.432. The fourth-order valence-electron chi connectivity index (χ4n) is 5.80. The fourth-order valence-corrected chi connectivity index (χ4v) is 5.80. The first-order chi connectivity index (χ1) is 23.7. The summed E-state index contributed by atoms with van der Waals surface area (Å²) in [7, 11) is 1.85. The SMILES string of the molecule is C[C@H](CO)N1C[C@H](C)[C@H](CN(C)Cc2ccc(C(F)(F)F)cc2)Oc2ccc(NC(=O)CCCCCC(=O)Nc3ccccc3N)cc2C1=O. The van der Waals surface area contributed by atoms with Crippen LogP contribution in [0.3, 0.4) is 0 Å². The molecule has 3 atom stereocenters. The predicted octanol–water partition coefficient (Wildman–Crippen LogP) is 6.17. The Kier molecular flexibility index (Phi) is 13.3. The second-order valence-electron chi connectivity index (χ2n) is 13.0. The molecule has 0 bridgehead atoms. The number of rotatable bonds is 14. The number of amides is 3. The molecule has 0 aliphatic carbocycles. The van der Waals surface area contributed by atoms with Gasteiger partial charge in [0.25, 0.3) is 5.91 Å². The molecule has 1 aliphatic heterocycles. The smallest absolute Gasteiger partial charge is 0.416 e. The van der Waals surface area contributed by atoms with Crippen LogP contribution in [0.2, 0.25) is 0 Å². The van der Waals surface area contributed by atoms with Crippen molar-refractivity contribution in [3.63, 3.8) is 0 Å². The zero-order valence-corrected chi connectivity index (χ0v) is 28.6. The van der Waals surface area contributed by atoms with Gasteiger partial charge in [0.15, 0.2) is 0 Å². The molecule has 5 N–H and O–H groups in total. The summed E-state index contributed by atoms with van der Waals surface area (Å²) in [6, 6.07) is 16.5. The highest BCUT2D eigenvalue weighted by Gasteiger charge is 2.34. The maximum absolute atomic E-state index is 13.8. The van der Waals surface area contributed by atoms with Crippen LogP contribution in [0, 0.1) is 5.92 Å². The zero-order valence-electron chi connectivity index (χ0n) is 28.6. The van der Waals surface area contributed by atoms with Crippen molar-refractivity contribution in [3.05, 3.63) is 83.4 Å². The highest BCUT2D eigenvalue weighted by atomic mass is 19.4. The summed E-state index contributed by atoms with van der Waals surface area (Å²) in [6.07, 6.45) is -2.43. The molecule has 0 aromatic heterocycles. The van der Waals surface area contributed by atoms with Gasteiger partial charge in [-0.05, 0) is 74.8 Å². The van der Waals surface area contributed by atoms with Crippen LogP contribution in [0.1, 0.15) is 67.4 Å². The number of nitrogen functional groups attached to an aromatic ring is 1. The number of benzene rings is 3. The van der Waals surface area contributed by atoms with Crippen LogP contribution in [0.5, 0.6) is 5.75 Å². The van der Waals surface area contributed by atoms with Gasteiger partial charge in [-0.2, -0.15) is 13.2 Å². The standard InChI is InChI=1S/C37H46F3N5O5/c1-24-20-45(25(2)23-46)36(49)29-19-28(42-34(47)11-5-4-6-12-35(48)43-31-10-8-7-9-30(31)41)17-18-32(29)50-33(24)22-44(3)21-26-13-15-27(16-14-26)37(38,39)40/h7-10,13-19,24-25,33,46H,4-6,11-12,20-23,41H2,1-3H3,(H,42,47)(H,43,48)/t24-,25+,33-/m0/s1. The second-order valence-corrected chi connectivity index (χ2v) is 13.0. The summed E-state index contributed by atoms with van der Waals surface area (Å²) < 4.78 is 45.4. The molecule has 1 aliphatic rings. The number of likely N-dealkylation sites (N-methyl/N-ethyl adjacent to an activating group) is 1. The molecule has 4 rings (SSSR count). The van der Waals surface area contributed by atoms with E-state index in [1.807, 2.05) is 18.9 Å². The van der Waals surface area contributed by atoms with E-state index in [9.17, 15) is 32.7 Å². The normalized spacial score (nSPS) is 17.0. The third kappa shape index (κ3) is 10.7. The van der Waals surface area contributed by atoms with E-state index in [2.05, 4.69) is 10.6 Å². The number of carbonyl (C=O) groups is 3. The Morgan fingerprint density at radius 3 is 2.32 bits per heavy atom. The number of alkyl halides is 3. The Bertz CT molecular complexity index is 1620. The van der Waals surface area contributed by atoms with Crippen molar-refractivity contribution in [1.29, 1.82) is 0 Å². The van der Waals surface area contributed by atoms with Crippen LogP contribution in [0.4, 0.5) is 30.2 Å². The molecule has 3 amide bonds. The van der Waals surface area contributed by atoms with Crippen molar-refractivity contribution in [2.75, 3.05) is 43.1 Å². The first-order valence-corrected chi connectivity index (χ1v) is 16.8. The monoisotopic (exact) mass is 697 g/mol. The molecule has 270 valence electrons. The summed E-state index contributed by atoms with van der Waals surface area (Å²) in [5.41, 5.74) is 7.61. The van der Waals surface area contributed by atoms with E-state index < -0.39 is 23.9 Å². The minimum atomic E-state index is -4.41. The van der Waals surface area contributed by atoms with E-state index in [0.717, 1.165) is 12.1 Å². The molecular weight excluding hydrogens is 651 g/mol. The highest BCUT2D eigenvalue weighted by molar-refractivity contribution is 6.00. The van der Waals surface area contributed by atoms with Crippen LogP contribution in [-0.2, 0) is 22.3 Å². The topological polar surface area (TPSA) is 137 Å². The van der Waals surface area contributed by atoms with Crippen LogP contribution < -0.4 is 21.1 Å². The number of halogens is 3. The number of aliphatic hydroxyl groups is 1. The third-order valence-electron chi connectivity index (χ3n) is 8.72. The number of ether oxygens (including phenoxy) is 1. The minimum Gasteiger partial charge on any atom is -0.488 e. The Morgan fingerprint density at radius 2 is 1.68 bits per heavy atom. The van der Waals surface area contributed by atoms with E-state index >= 15 is 0 Å². The molecule has 3 aromatic carbocycles. The lowest BCUT2D eigenvalue weighted by Crippen LogP contribution is -2.49. The van der Waals surface area contributed by atoms with Gasteiger partial charge in [0.2, 0.25) is 11.8 Å². The van der Waals surface area contributed by atoms with Crippen molar-refractivity contribution < 1.29 is 37.4 Å². The molecule has 13 heteroatoms. The summed E-state index contributed by atoms with van der Waals surface area (Å²) in [5, 5.41) is 15.6. The van der Waals surface area contributed by atoms with E-state index in [4.69, 9.17) is 10.5 Å². The average Bonchev–Trinajstić information content (AvgIpc) is 3.07. The first kappa shape index (κ1) is 38.2. The lowest BCUT2D eigenvalue weighted by atomic mass is 9.99. The van der Waals surface area contributed by atoms with Gasteiger partial charge < -0.3 is 31.1 Å². The molecule has 0 fully saturated rings. The Morgan fingerprint density at radius 1 is 1.02 bits per heavy atom. The van der Waals surface area contributed by atoms with Gasteiger partial charge in [0.1, 0.15) is 11.9 Å². The number of nitrogens with zero attached hydrogens (tertiary/aromatic N) is 2. The molecule has 0 saturated carbocycles. The molecule has 0 saturated heterocycles. The van der Waals surface area contributed by atoms with Gasteiger partial charge in [-0.3, -0.25) is 19.3 Å². The maximum Gasteiger partial charge on any atom is 0.416 e. The van der Waals surface area contributed by atoms with Gasteiger partial charge in [-0.15, -0.1) is 0 Å². The molecule has 1 heterocycles. The Hall–Kier alpha value is -4.62. The number of anilines is 3. The summed E-state index contributed by atoms with van der Waals surface area (Å²) in [4.78, 5) is 42.4. The van der Waals surface area contributed by atoms with Gasteiger partial charge in [-0.25, -0.2) is 0 Å². The third-order valence-corrected chi connectivity index (χ3v) is 8.72. The number of aliphatic hydroxyl groups excluding tert-OH is 1. The number of hydrogen-bond acceptors (Lipinski definition) is 7. The number of fused-ring (bicyclic) bond motifs is 1. The number of para-hydroxylation sites is 2. The van der Waals surface area contributed by atoms with Crippen molar-refractivity contribution in [2.45, 2.75) is 70.8 Å². The minimum absolute atomic E-state index is 0.146. The van der Waals surface area contributed by atoms with Gasteiger partial charge in [0, 0.05) is 44.1 Å². The van der Waals surface area contributed by atoms with Crippen molar-refractivity contribution in [1.82, 2.24) is 9.80 Å². The summed E-state index contributed by atoms with van der Waals surface area (Å²) in [5.74, 6) is -0.539. The largest absolute Gasteiger partial charge is 0.488 e. The van der Waals surface area contributed by atoms with E-state index in [1.54, 1.807) is 54.3 Å². The molecular formula is C37H46F3N5O5. The van der Waals surface area contributed by atoms with E-state index in [0.29, 0.717) is 73.7 Å². The maximum atomic E-state index is 13.8. The number of nitrogens with two attached hydrogens (primary N) is 1. The molecule has 0 spiro atoms. The second kappa shape index (κ2) is 17.3. The van der Waals surface area contributed by atoms with Crippen LogP contribution in [0.15, 0.2) is 66.7 Å². The van der Waals surface area contributed by atoms with Crippen LogP contribution in [-0.4, -0.2) is 71.5 Å². The quantitative estimate of drug-likeness (QED) is 0.117. The van der Waals surface area contributed by atoms with E-state index in [-0.39, 0.29) is 42.2 Å². The number of nitrogens with one attached hydrogen (secondary N) is 2. The lowest BCUT2D eigenvalue weighted by Gasteiger charge is -2.38. The zero-order chi connectivity index (χ0) is 36.4. The molecule has 3 aromatic rings. The lowest BCUT2D eigenvalue weighted by molar-refractivity contribution is -0.137. The number of unbranched alkanes of at least 4 members (excludes halogenated alkanes) is 2. The predicted molar refractivity (Wildman–Crippen MR) is 187 cm³/mol. The number of hydrogen-bond donors (Lipinski definition) is 4. The van der Waals surface area contributed by atoms with Gasteiger partial charge in [0.05, 0.1) is 35.2 Å². The Balaban J connectivity index is 1.36. The molecule has 10 nitrogen and oxygen atoms in total. The highest BCUT2D eigenvalue weighted by Crippen LogP contribution is 2.32. The van der Waals surface area contributed by atoms with Crippen LogP contribution >= 0.6 is 0 Å². The Labute approximate surface area is 290 Å². The molecule has 50 heavy (non-hydrogen) atoms. The van der Waals surface area contributed by atoms with Crippen molar-refractivity contribution in [2.24, 2.45) is 5.92 Å². The summed E-state index contributed by atoms with van der Waals surface area (Å²) in [6.45, 7) is 4.56. The molecule has 0 radical (unpaired) electrons. The van der Waals surface area contributed by atoms with Gasteiger partial charge in [-0.1, -0.05) is 37.6 Å². The molecule has 0 unspecified atom stereocenters. The van der Waals surface area contributed by atoms with Gasteiger partial charge >= 0.3 is 6.18 Å². The van der Waals surface area contributed by atoms with Crippen LogP contribution in [0.25, 0.3) is 0 Å². The van der Waals surface area contributed by atoms with E-state index in [1.165, 1.54) is 12.1 Å². The van der Waals surface area contributed by atoms with Crippen molar-refractivity contribution >= 4 is 34.8 Å². The number of carbonyl (C=O) groups excluding carboxylic acids is 3.